The van der Waals surface area contributed by atoms with Crippen LogP contribution in [0, 0.1) is 0 Å². The zero-order valence-corrected chi connectivity index (χ0v) is 12.4. The van der Waals surface area contributed by atoms with E-state index in [1.54, 1.807) is 7.05 Å². The lowest BCUT2D eigenvalue weighted by molar-refractivity contribution is 0.0697. The second-order valence-electron chi connectivity index (χ2n) is 4.11. The molecule has 0 spiro atoms. The summed E-state index contributed by atoms with van der Waals surface area (Å²) in [5.74, 6) is -0.913. The van der Waals surface area contributed by atoms with Crippen LogP contribution in [0.2, 0.25) is 5.02 Å². The van der Waals surface area contributed by atoms with Gasteiger partial charge in [-0.3, -0.25) is 4.68 Å². The summed E-state index contributed by atoms with van der Waals surface area (Å²) in [6.07, 6.45) is 1.45. The Bertz CT molecular complexity index is 787. The maximum Gasteiger partial charge on any atom is 0.337 e. The van der Waals surface area contributed by atoms with Crippen LogP contribution in [0.15, 0.2) is 29.4 Å². The highest BCUT2D eigenvalue weighted by molar-refractivity contribution is 7.89. The quantitative estimate of drug-likeness (QED) is 0.831. The summed E-state index contributed by atoms with van der Waals surface area (Å²) >= 11 is 5.75. The number of nitrogens with zero attached hydrogens (tertiary/aromatic N) is 3. The van der Waals surface area contributed by atoms with Gasteiger partial charge in [0.1, 0.15) is 6.33 Å². The van der Waals surface area contributed by atoms with Gasteiger partial charge in [-0.25, -0.2) is 22.9 Å². The number of hydrogen-bond acceptors (Lipinski definition) is 5. The summed E-state index contributed by atoms with van der Waals surface area (Å²) in [6, 6.07) is 3.39. The van der Waals surface area contributed by atoms with E-state index in [1.165, 1.54) is 17.1 Å². The molecule has 1 heterocycles. The Kier molecular flexibility index (Phi) is 4.26. The van der Waals surface area contributed by atoms with Crippen molar-refractivity contribution in [1.82, 2.24) is 19.5 Å². The minimum absolute atomic E-state index is 0.0819. The normalized spacial score (nSPS) is 11.5. The molecule has 0 saturated carbocycles. The zero-order valence-electron chi connectivity index (χ0n) is 10.8. The maximum absolute atomic E-state index is 12.1. The molecular weight excluding hydrogens is 320 g/mol. The molecule has 1 aromatic carbocycles. The molecule has 1 aromatic heterocycles. The number of carboxylic acid groups (broad SMARTS) is 1. The van der Waals surface area contributed by atoms with Crippen LogP contribution >= 0.6 is 11.6 Å². The van der Waals surface area contributed by atoms with Gasteiger partial charge in [0.25, 0.3) is 0 Å². The molecule has 112 valence electrons. The predicted octanol–water partition coefficient (Wildman–Crippen LogP) is 0.645. The average Bonchev–Trinajstić information content (AvgIpc) is 2.82. The molecule has 10 heteroatoms. The summed E-state index contributed by atoms with van der Waals surface area (Å²) in [6.45, 7) is -0.0819. The summed E-state index contributed by atoms with van der Waals surface area (Å²) < 4.78 is 27.9. The van der Waals surface area contributed by atoms with Crippen molar-refractivity contribution in [2.75, 3.05) is 0 Å². The summed E-state index contributed by atoms with van der Waals surface area (Å²) in [5.41, 5.74) is -0.165. The third kappa shape index (κ3) is 3.57. The topological polar surface area (TPSA) is 114 Å². The third-order valence-electron chi connectivity index (χ3n) is 2.55. The fourth-order valence-electron chi connectivity index (χ4n) is 1.54. The van der Waals surface area contributed by atoms with E-state index in [4.69, 9.17) is 16.7 Å². The van der Waals surface area contributed by atoms with Crippen molar-refractivity contribution in [3.63, 3.8) is 0 Å². The molecule has 0 radical (unpaired) electrons. The minimum atomic E-state index is -3.83. The van der Waals surface area contributed by atoms with Crippen LogP contribution in [0.25, 0.3) is 0 Å². The Morgan fingerprint density at radius 1 is 1.48 bits per heavy atom. The van der Waals surface area contributed by atoms with Gasteiger partial charge >= 0.3 is 5.97 Å². The molecule has 0 atom stereocenters. The number of rotatable bonds is 5. The molecule has 2 aromatic rings. The number of aromatic carboxylic acids is 1. The predicted molar refractivity (Wildman–Crippen MR) is 73.4 cm³/mol. The molecule has 2 N–H and O–H groups in total. The number of carboxylic acids is 1. The molecule has 21 heavy (non-hydrogen) atoms. The number of aryl methyl sites for hydroxylation is 1. The van der Waals surface area contributed by atoms with Crippen LogP contribution in [-0.2, 0) is 23.6 Å². The standard InChI is InChI=1S/C11H11ClN4O4S/c1-16-6-13-10(15-16)5-14-21(19,20)7-2-3-8(11(17)18)9(12)4-7/h2-4,6,14H,5H2,1H3,(H,17,18). The molecule has 0 aliphatic heterocycles. The van der Waals surface area contributed by atoms with Gasteiger partial charge in [-0.05, 0) is 18.2 Å². The first-order chi connectivity index (χ1) is 9.79. The number of nitrogens with one attached hydrogen (secondary N) is 1. The van der Waals surface area contributed by atoms with Crippen LogP contribution in [-0.4, -0.2) is 34.3 Å². The van der Waals surface area contributed by atoms with E-state index < -0.39 is 16.0 Å². The molecule has 0 aliphatic carbocycles. The van der Waals surface area contributed by atoms with Crippen molar-refractivity contribution in [3.8, 4) is 0 Å². The number of halogens is 1. The van der Waals surface area contributed by atoms with Gasteiger partial charge in [-0.1, -0.05) is 11.6 Å². The molecule has 0 bridgehead atoms. The average molecular weight is 331 g/mol. The lowest BCUT2D eigenvalue weighted by Crippen LogP contribution is -2.24. The fourth-order valence-corrected chi connectivity index (χ4v) is 2.88. The monoisotopic (exact) mass is 330 g/mol. The fraction of sp³-hybridized carbons (Fsp3) is 0.182. The number of sulfonamides is 1. The SMILES string of the molecule is Cn1cnc(CNS(=O)(=O)c2ccc(C(=O)O)c(Cl)c2)n1. The van der Waals surface area contributed by atoms with Crippen molar-refractivity contribution in [3.05, 3.63) is 40.9 Å². The highest BCUT2D eigenvalue weighted by Gasteiger charge is 2.18. The highest BCUT2D eigenvalue weighted by Crippen LogP contribution is 2.20. The lowest BCUT2D eigenvalue weighted by atomic mass is 10.2. The molecule has 0 amide bonds. The van der Waals surface area contributed by atoms with E-state index in [2.05, 4.69) is 14.8 Å². The number of benzene rings is 1. The van der Waals surface area contributed by atoms with E-state index in [0.717, 1.165) is 12.1 Å². The van der Waals surface area contributed by atoms with Crippen LogP contribution in [0.1, 0.15) is 16.2 Å². The van der Waals surface area contributed by atoms with Crippen LogP contribution in [0.3, 0.4) is 0 Å². The van der Waals surface area contributed by atoms with Crippen molar-refractivity contribution in [1.29, 1.82) is 0 Å². The largest absolute Gasteiger partial charge is 0.478 e. The van der Waals surface area contributed by atoms with E-state index in [-0.39, 0.29) is 22.0 Å². The van der Waals surface area contributed by atoms with Gasteiger partial charge in [0.2, 0.25) is 10.0 Å². The van der Waals surface area contributed by atoms with Gasteiger partial charge in [-0.2, -0.15) is 5.10 Å². The molecule has 8 nitrogen and oxygen atoms in total. The first kappa shape index (κ1) is 15.4. The summed E-state index contributed by atoms with van der Waals surface area (Å²) in [5, 5.41) is 12.6. The molecule has 2 rings (SSSR count). The number of aromatic nitrogens is 3. The van der Waals surface area contributed by atoms with Crippen molar-refractivity contribution < 1.29 is 18.3 Å². The first-order valence-corrected chi connectivity index (χ1v) is 7.53. The summed E-state index contributed by atoms with van der Waals surface area (Å²) in [4.78, 5) is 14.6. The third-order valence-corrected chi connectivity index (χ3v) is 4.26. The minimum Gasteiger partial charge on any atom is -0.478 e. The van der Waals surface area contributed by atoms with Gasteiger partial charge in [0, 0.05) is 7.05 Å². The van der Waals surface area contributed by atoms with Gasteiger partial charge in [0.05, 0.1) is 22.0 Å². The van der Waals surface area contributed by atoms with Crippen LogP contribution in [0.4, 0.5) is 0 Å². The molecule has 0 unspecified atom stereocenters. The zero-order chi connectivity index (χ0) is 15.6. The molecular formula is C11H11ClN4O4S. The van der Waals surface area contributed by atoms with Gasteiger partial charge < -0.3 is 5.11 Å². The Hall–Kier alpha value is -1.97. The molecule has 0 aliphatic rings. The highest BCUT2D eigenvalue weighted by atomic mass is 35.5. The first-order valence-electron chi connectivity index (χ1n) is 5.66. The van der Waals surface area contributed by atoms with Gasteiger partial charge in [0.15, 0.2) is 5.82 Å². The Morgan fingerprint density at radius 3 is 2.71 bits per heavy atom. The van der Waals surface area contributed by atoms with Crippen molar-refractivity contribution >= 4 is 27.6 Å². The van der Waals surface area contributed by atoms with Crippen LogP contribution < -0.4 is 4.72 Å². The molecule has 0 saturated heterocycles. The van der Waals surface area contributed by atoms with Crippen molar-refractivity contribution in [2.24, 2.45) is 7.05 Å². The molecule has 0 fully saturated rings. The lowest BCUT2D eigenvalue weighted by Gasteiger charge is -2.06. The van der Waals surface area contributed by atoms with Crippen LogP contribution in [0.5, 0.6) is 0 Å². The Balaban J connectivity index is 2.19. The second-order valence-corrected chi connectivity index (χ2v) is 6.28. The summed E-state index contributed by atoms with van der Waals surface area (Å²) in [7, 11) is -2.17. The second kappa shape index (κ2) is 5.80. The van der Waals surface area contributed by atoms with E-state index in [0.29, 0.717) is 5.82 Å². The Labute approximate surface area is 125 Å². The number of carbonyl (C=O) groups is 1. The smallest absolute Gasteiger partial charge is 0.337 e. The van der Waals surface area contributed by atoms with E-state index in [1.807, 2.05) is 0 Å². The van der Waals surface area contributed by atoms with Gasteiger partial charge in [-0.15, -0.1) is 0 Å². The maximum atomic E-state index is 12.1. The van der Waals surface area contributed by atoms with E-state index in [9.17, 15) is 13.2 Å². The Morgan fingerprint density at radius 2 is 2.19 bits per heavy atom. The number of hydrogen-bond donors (Lipinski definition) is 2. The van der Waals surface area contributed by atoms with E-state index >= 15 is 0 Å². The van der Waals surface area contributed by atoms with Crippen molar-refractivity contribution in [2.45, 2.75) is 11.4 Å².